The summed E-state index contributed by atoms with van der Waals surface area (Å²) in [6.45, 7) is 0. The fourth-order valence-electron chi connectivity index (χ4n) is 6.15. The Bertz CT molecular complexity index is 2270. The van der Waals surface area contributed by atoms with Gasteiger partial charge < -0.3 is 9.30 Å². The van der Waals surface area contributed by atoms with Crippen molar-refractivity contribution in [2.45, 2.75) is 0 Å². The maximum atomic E-state index is 6.40. The van der Waals surface area contributed by atoms with E-state index in [-0.39, 0.29) is 0 Å². The normalized spacial score (nSPS) is 12.0. The van der Waals surface area contributed by atoms with Crippen LogP contribution in [-0.4, -0.2) is 19.5 Å². The standard InChI is InChI=1S/C37H22N4O/c1-3-10-24(11-4-1)35-38-36(25-12-5-2-6-13-25)40-37(39-35)26-15-7-16-27(22-26)41-28-17-9-19-31-33(28)34-29(41)21-20-23-14-8-18-30(42-31)32(23)34/h1-22H. The largest absolute Gasteiger partial charge is 0.456 e. The van der Waals surface area contributed by atoms with Crippen LogP contribution in [0.1, 0.15) is 0 Å². The molecule has 0 atom stereocenters. The second kappa shape index (κ2) is 8.85. The van der Waals surface area contributed by atoms with Gasteiger partial charge in [0.15, 0.2) is 17.5 Å². The average molecular weight is 539 g/mol. The Morgan fingerprint density at radius 2 is 1.00 bits per heavy atom. The van der Waals surface area contributed by atoms with E-state index in [0.29, 0.717) is 17.5 Å². The molecule has 6 aromatic carbocycles. The van der Waals surface area contributed by atoms with Crippen molar-refractivity contribution in [1.82, 2.24) is 19.5 Å². The molecule has 0 spiro atoms. The quantitative estimate of drug-likeness (QED) is 0.224. The van der Waals surface area contributed by atoms with E-state index in [4.69, 9.17) is 19.7 Å². The maximum Gasteiger partial charge on any atom is 0.164 e. The molecule has 9 rings (SSSR count). The molecule has 5 heteroatoms. The lowest BCUT2D eigenvalue weighted by Gasteiger charge is -2.15. The van der Waals surface area contributed by atoms with Crippen molar-refractivity contribution in [3.8, 4) is 51.3 Å². The topological polar surface area (TPSA) is 52.8 Å². The lowest BCUT2D eigenvalue weighted by molar-refractivity contribution is 0.493. The van der Waals surface area contributed by atoms with Gasteiger partial charge in [0.25, 0.3) is 0 Å². The van der Waals surface area contributed by atoms with Crippen LogP contribution in [-0.2, 0) is 0 Å². The van der Waals surface area contributed by atoms with E-state index in [1.54, 1.807) is 0 Å². The van der Waals surface area contributed by atoms with Crippen molar-refractivity contribution < 1.29 is 4.74 Å². The maximum absolute atomic E-state index is 6.40. The first kappa shape index (κ1) is 22.9. The molecule has 0 N–H and O–H groups in total. The van der Waals surface area contributed by atoms with Crippen LogP contribution in [0.5, 0.6) is 11.5 Å². The van der Waals surface area contributed by atoms with Crippen molar-refractivity contribution in [1.29, 1.82) is 0 Å². The minimum Gasteiger partial charge on any atom is -0.456 e. The summed E-state index contributed by atoms with van der Waals surface area (Å²) in [5, 5.41) is 4.70. The molecule has 5 nitrogen and oxygen atoms in total. The van der Waals surface area contributed by atoms with Gasteiger partial charge in [0.2, 0.25) is 0 Å². The van der Waals surface area contributed by atoms with Gasteiger partial charge in [-0.05, 0) is 41.8 Å². The van der Waals surface area contributed by atoms with Crippen molar-refractivity contribution in [3.63, 3.8) is 0 Å². The lowest BCUT2D eigenvalue weighted by atomic mass is 10.0. The number of hydrogen-bond acceptors (Lipinski definition) is 4. The summed E-state index contributed by atoms with van der Waals surface area (Å²) in [4.78, 5) is 14.8. The molecule has 0 fully saturated rings. The zero-order valence-electron chi connectivity index (χ0n) is 22.4. The van der Waals surface area contributed by atoms with Crippen molar-refractivity contribution >= 4 is 32.6 Å². The highest BCUT2D eigenvalue weighted by molar-refractivity contribution is 6.26. The SMILES string of the molecule is c1ccc(-c2nc(-c3ccccc3)nc(-c3cccc(-n4c5cccc6c5c5c7c(cccc7ccc54)O6)c3)n2)cc1. The van der Waals surface area contributed by atoms with Crippen LogP contribution < -0.4 is 4.74 Å². The molecule has 42 heavy (non-hydrogen) atoms. The van der Waals surface area contributed by atoms with Crippen LogP contribution in [0.2, 0.25) is 0 Å². The molecule has 0 unspecified atom stereocenters. The number of aromatic nitrogens is 4. The average Bonchev–Trinajstić information content (AvgIpc) is 3.41. The van der Waals surface area contributed by atoms with E-state index in [1.807, 2.05) is 60.7 Å². The number of ether oxygens (including phenoxy) is 1. The Kier molecular flexibility index (Phi) is 4.83. The highest BCUT2D eigenvalue weighted by atomic mass is 16.5. The molecule has 3 heterocycles. The zero-order chi connectivity index (χ0) is 27.6. The predicted molar refractivity (Wildman–Crippen MR) is 168 cm³/mol. The second-order valence-electron chi connectivity index (χ2n) is 10.5. The molecular weight excluding hydrogens is 516 g/mol. The van der Waals surface area contributed by atoms with Crippen molar-refractivity contribution in [3.05, 3.63) is 133 Å². The Morgan fingerprint density at radius 1 is 0.429 bits per heavy atom. The van der Waals surface area contributed by atoms with E-state index >= 15 is 0 Å². The fourth-order valence-corrected chi connectivity index (χ4v) is 6.15. The summed E-state index contributed by atoms with van der Waals surface area (Å²) in [6, 6.07) is 45.5. The molecule has 0 saturated heterocycles. The number of benzene rings is 6. The predicted octanol–water partition coefficient (Wildman–Crippen LogP) is 9.23. The summed E-state index contributed by atoms with van der Waals surface area (Å²) in [5.74, 6) is 3.71. The molecule has 8 aromatic rings. The first-order valence-corrected chi connectivity index (χ1v) is 14.0. The third-order valence-corrected chi connectivity index (χ3v) is 8.00. The van der Waals surface area contributed by atoms with E-state index in [9.17, 15) is 0 Å². The van der Waals surface area contributed by atoms with E-state index in [1.165, 1.54) is 10.8 Å². The summed E-state index contributed by atoms with van der Waals surface area (Å²) >= 11 is 0. The van der Waals surface area contributed by atoms with E-state index in [0.717, 1.165) is 55.7 Å². The highest BCUT2D eigenvalue weighted by Gasteiger charge is 2.24. The highest BCUT2D eigenvalue weighted by Crippen LogP contribution is 2.48. The lowest BCUT2D eigenvalue weighted by Crippen LogP contribution is -2.01. The van der Waals surface area contributed by atoms with Crippen LogP contribution in [0, 0.1) is 0 Å². The monoisotopic (exact) mass is 538 g/mol. The van der Waals surface area contributed by atoms with Crippen LogP contribution in [0.4, 0.5) is 0 Å². The molecule has 0 bridgehead atoms. The molecule has 0 aliphatic carbocycles. The number of rotatable bonds is 4. The number of nitrogens with zero attached hydrogens (tertiary/aromatic N) is 4. The van der Waals surface area contributed by atoms with Gasteiger partial charge >= 0.3 is 0 Å². The summed E-state index contributed by atoms with van der Waals surface area (Å²) < 4.78 is 8.72. The molecule has 1 aliphatic heterocycles. The number of hydrogen-bond donors (Lipinski definition) is 0. The fraction of sp³-hybridized carbons (Fsp3) is 0. The Hall–Kier alpha value is -5.81. The van der Waals surface area contributed by atoms with Crippen LogP contribution in [0.3, 0.4) is 0 Å². The summed E-state index contributed by atoms with van der Waals surface area (Å²) in [6.07, 6.45) is 0. The van der Waals surface area contributed by atoms with Gasteiger partial charge in [0.1, 0.15) is 11.5 Å². The summed E-state index contributed by atoms with van der Waals surface area (Å²) in [7, 11) is 0. The van der Waals surface area contributed by atoms with Gasteiger partial charge in [-0.15, -0.1) is 0 Å². The van der Waals surface area contributed by atoms with Crippen LogP contribution in [0.25, 0.3) is 72.4 Å². The molecule has 1 aliphatic rings. The van der Waals surface area contributed by atoms with E-state index in [2.05, 4.69) is 77.4 Å². The Balaban J connectivity index is 1.28. The molecule has 0 amide bonds. The first-order valence-electron chi connectivity index (χ1n) is 14.0. The Morgan fingerprint density at radius 3 is 1.71 bits per heavy atom. The van der Waals surface area contributed by atoms with Gasteiger partial charge in [-0.1, -0.05) is 97.1 Å². The molecule has 0 saturated carbocycles. The van der Waals surface area contributed by atoms with Gasteiger partial charge in [-0.3, -0.25) is 0 Å². The smallest absolute Gasteiger partial charge is 0.164 e. The van der Waals surface area contributed by atoms with Crippen LogP contribution >= 0.6 is 0 Å². The van der Waals surface area contributed by atoms with Gasteiger partial charge in [-0.25, -0.2) is 15.0 Å². The minimum absolute atomic E-state index is 0.631. The summed E-state index contributed by atoms with van der Waals surface area (Å²) in [5.41, 5.74) is 6.10. The van der Waals surface area contributed by atoms with Gasteiger partial charge in [0, 0.05) is 33.2 Å². The van der Waals surface area contributed by atoms with Crippen molar-refractivity contribution in [2.24, 2.45) is 0 Å². The Labute approximate surface area is 241 Å². The zero-order valence-corrected chi connectivity index (χ0v) is 22.4. The first-order chi connectivity index (χ1) is 20.8. The third-order valence-electron chi connectivity index (χ3n) is 8.00. The third kappa shape index (κ3) is 3.40. The van der Waals surface area contributed by atoms with Gasteiger partial charge in [-0.2, -0.15) is 0 Å². The molecule has 2 aromatic heterocycles. The van der Waals surface area contributed by atoms with Crippen LogP contribution in [0.15, 0.2) is 133 Å². The molecule has 196 valence electrons. The van der Waals surface area contributed by atoms with Crippen molar-refractivity contribution in [2.75, 3.05) is 0 Å². The minimum atomic E-state index is 0.631. The second-order valence-corrected chi connectivity index (χ2v) is 10.5. The molecule has 0 radical (unpaired) electrons. The van der Waals surface area contributed by atoms with E-state index < -0.39 is 0 Å². The molecular formula is C37H22N4O. The van der Waals surface area contributed by atoms with Gasteiger partial charge in [0.05, 0.1) is 16.4 Å².